The molecule has 5 nitrogen and oxygen atoms in total. The van der Waals surface area contributed by atoms with Gasteiger partial charge >= 0.3 is 0 Å². The van der Waals surface area contributed by atoms with Crippen LogP contribution in [0.1, 0.15) is 59.5 Å². The Morgan fingerprint density at radius 3 is 2.63 bits per heavy atom. The SMILES string of the molecule is O=C(NCC1CCCc2ccccc21)c1cc(S(=O)(=O)N2CCCCC2)ccc1Cl. The van der Waals surface area contributed by atoms with Gasteiger partial charge in [0.25, 0.3) is 5.91 Å². The molecule has 160 valence electrons. The summed E-state index contributed by atoms with van der Waals surface area (Å²) in [6.07, 6.45) is 5.97. The van der Waals surface area contributed by atoms with Crippen LogP contribution in [0.5, 0.6) is 0 Å². The minimum Gasteiger partial charge on any atom is -0.351 e. The van der Waals surface area contributed by atoms with E-state index in [0.717, 1.165) is 38.5 Å². The van der Waals surface area contributed by atoms with Gasteiger partial charge in [-0.1, -0.05) is 42.3 Å². The Bertz CT molecular complexity index is 1030. The maximum atomic E-state index is 13.0. The normalized spacial score (nSPS) is 19.8. The van der Waals surface area contributed by atoms with Crippen molar-refractivity contribution in [3.63, 3.8) is 0 Å². The lowest BCUT2D eigenvalue weighted by atomic mass is 9.83. The minimum atomic E-state index is -3.62. The van der Waals surface area contributed by atoms with E-state index >= 15 is 0 Å². The summed E-state index contributed by atoms with van der Waals surface area (Å²) in [5, 5.41) is 3.24. The monoisotopic (exact) mass is 446 g/mol. The minimum absolute atomic E-state index is 0.127. The zero-order valence-electron chi connectivity index (χ0n) is 16.9. The van der Waals surface area contributed by atoms with Crippen LogP contribution in [0.15, 0.2) is 47.4 Å². The molecule has 0 aromatic heterocycles. The van der Waals surface area contributed by atoms with E-state index in [4.69, 9.17) is 11.6 Å². The number of amides is 1. The average Bonchev–Trinajstić information content (AvgIpc) is 2.78. The lowest BCUT2D eigenvalue weighted by molar-refractivity contribution is 0.0950. The molecule has 2 aliphatic rings. The number of benzene rings is 2. The number of hydrogen-bond acceptors (Lipinski definition) is 3. The summed E-state index contributed by atoms with van der Waals surface area (Å²) in [4.78, 5) is 13.0. The van der Waals surface area contributed by atoms with Crippen LogP contribution in [0.3, 0.4) is 0 Å². The molecule has 1 fully saturated rings. The molecule has 0 radical (unpaired) electrons. The maximum Gasteiger partial charge on any atom is 0.252 e. The highest BCUT2D eigenvalue weighted by Gasteiger charge is 2.27. The first-order valence-electron chi connectivity index (χ1n) is 10.6. The van der Waals surface area contributed by atoms with Crippen molar-refractivity contribution >= 4 is 27.5 Å². The van der Waals surface area contributed by atoms with Crippen molar-refractivity contribution < 1.29 is 13.2 Å². The van der Waals surface area contributed by atoms with Gasteiger partial charge in [-0.2, -0.15) is 4.31 Å². The number of nitrogens with zero attached hydrogens (tertiary/aromatic N) is 1. The molecule has 7 heteroatoms. The molecule has 0 bridgehead atoms. The fraction of sp³-hybridized carbons (Fsp3) is 0.435. The number of carbonyl (C=O) groups is 1. The summed E-state index contributed by atoms with van der Waals surface area (Å²) in [5.74, 6) is -0.0725. The number of nitrogens with one attached hydrogen (secondary N) is 1. The first-order valence-corrected chi connectivity index (χ1v) is 12.4. The van der Waals surface area contributed by atoms with Crippen LogP contribution in [0.4, 0.5) is 0 Å². The smallest absolute Gasteiger partial charge is 0.252 e. The Hall–Kier alpha value is -1.89. The van der Waals surface area contributed by atoms with Gasteiger partial charge in [0.15, 0.2) is 0 Å². The Morgan fingerprint density at radius 2 is 1.83 bits per heavy atom. The van der Waals surface area contributed by atoms with Crippen LogP contribution in [-0.4, -0.2) is 38.3 Å². The Balaban J connectivity index is 1.50. The second-order valence-electron chi connectivity index (χ2n) is 8.10. The number of hydrogen-bond donors (Lipinski definition) is 1. The fourth-order valence-electron chi connectivity index (χ4n) is 4.47. The molecule has 0 saturated carbocycles. The molecule has 1 amide bonds. The van der Waals surface area contributed by atoms with Crippen LogP contribution in [0, 0.1) is 0 Å². The van der Waals surface area contributed by atoms with Gasteiger partial charge in [-0.3, -0.25) is 4.79 Å². The lowest BCUT2D eigenvalue weighted by Crippen LogP contribution is -2.36. The van der Waals surface area contributed by atoms with E-state index in [1.807, 2.05) is 12.1 Å². The van der Waals surface area contributed by atoms with Crippen LogP contribution >= 0.6 is 11.6 Å². The first-order chi connectivity index (χ1) is 14.5. The summed E-state index contributed by atoms with van der Waals surface area (Å²) >= 11 is 6.26. The summed E-state index contributed by atoms with van der Waals surface area (Å²) < 4.78 is 27.4. The third kappa shape index (κ3) is 4.41. The largest absolute Gasteiger partial charge is 0.351 e. The average molecular weight is 447 g/mol. The van der Waals surface area contributed by atoms with E-state index < -0.39 is 10.0 Å². The highest BCUT2D eigenvalue weighted by molar-refractivity contribution is 7.89. The Kier molecular flexibility index (Phi) is 6.46. The molecule has 1 atom stereocenters. The summed E-state index contributed by atoms with van der Waals surface area (Å²) in [7, 11) is -3.62. The lowest BCUT2D eigenvalue weighted by Gasteiger charge is -2.26. The van der Waals surface area contributed by atoms with Gasteiger partial charge in [0.1, 0.15) is 0 Å². The van der Waals surface area contributed by atoms with Crippen molar-refractivity contribution in [2.75, 3.05) is 19.6 Å². The highest BCUT2D eigenvalue weighted by Crippen LogP contribution is 2.31. The molecular weight excluding hydrogens is 420 g/mol. The van der Waals surface area contributed by atoms with E-state index in [0.29, 0.717) is 19.6 Å². The van der Waals surface area contributed by atoms with Crippen molar-refractivity contribution in [1.82, 2.24) is 9.62 Å². The molecule has 1 heterocycles. The molecule has 1 N–H and O–H groups in total. The Labute approximate surface area is 183 Å². The van der Waals surface area contributed by atoms with E-state index in [-0.39, 0.29) is 27.3 Å². The molecule has 1 saturated heterocycles. The molecule has 2 aromatic carbocycles. The second kappa shape index (κ2) is 9.08. The molecule has 30 heavy (non-hydrogen) atoms. The third-order valence-electron chi connectivity index (χ3n) is 6.14. The predicted molar refractivity (Wildman–Crippen MR) is 119 cm³/mol. The van der Waals surface area contributed by atoms with Crippen molar-refractivity contribution in [3.8, 4) is 0 Å². The van der Waals surface area contributed by atoms with Crippen molar-refractivity contribution in [3.05, 3.63) is 64.2 Å². The van der Waals surface area contributed by atoms with E-state index in [1.54, 1.807) is 0 Å². The van der Waals surface area contributed by atoms with Crippen LogP contribution in [-0.2, 0) is 16.4 Å². The number of sulfonamides is 1. The number of piperidine rings is 1. The molecular formula is C23H27ClN2O3S. The summed E-state index contributed by atoms with van der Waals surface area (Å²) in [6.45, 7) is 1.55. The Morgan fingerprint density at radius 1 is 1.07 bits per heavy atom. The van der Waals surface area contributed by atoms with Gasteiger partial charge in [-0.05, 0) is 61.4 Å². The van der Waals surface area contributed by atoms with Crippen LogP contribution in [0.2, 0.25) is 5.02 Å². The molecule has 2 aromatic rings. The zero-order chi connectivity index (χ0) is 21.1. The number of carbonyl (C=O) groups excluding carboxylic acids is 1. The van der Waals surface area contributed by atoms with Gasteiger partial charge in [0.2, 0.25) is 10.0 Å². The van der Waals surface area contributed by atoms with Gasteiger partial charge < -0.3 is 5.32 Å². The van der Waals surface area contributed by atoms with E-state index in [1.165, 1.54) is 33.6 Å². The van der Waals surface area contributed by atoms with Gasteiger partial charge in [-0.15, -0.1) is 0 Å². The topological polar surface area (TPSA) is 66.5 Å². The van der Waals surface area contributed by atoms with Gasteiger partial charge in [0, 0.05) is 25.6 Å². The standard InChI is InChI=1S/C23H27ClN2O3S/c24-22-12-11-19(30(28,29)26-13-4-1-5-14-26)15-21(22)23(27)25-16-18-9-6-8-17-7-2-3-10-20(17)18/h2-3,7,10-12,15,18H,1,4-6,8-9,13-14,16H2,(H,25,27). The van der Waals surface area contributed by atoms with Crippen molar-refractivity contribution in [2.24, 2.45) is 0 Å². The molecule has 1 unspecified atom stereocenters. The van der Waals surface area contributed by atoms with E-state index in [9.17, 15) is 13.2 Å². The summed E-state index contributed by atoms with van der Waals surface area (Å²) in [6, 6.07) is 12.8. The predicted octanol–water partition coefficient (Wildman–Crippen LogP) is 4.36. The fourth-order valence-corrected chi connectivity index (χ4v) is 6.22. The number of rotatable bonds is 5. The highest BCUT2D eigenvalue weighted by atomic mass is 35.5. The van der Waals surface area contributed by atoms with Crippen molar-refractivity contribution in [2.45, 2.75) is 49.3 Å². The van der Waals surface area contributed by atoms with Crippen molar-refractivity contribution in [1.29, 1.82) is 0 Å². The third-order valence-corrected chi connectivity index (χ3v) is 8.36. The molecule has 1 aliphatic carbocycles. The number of fused-ring (bicyclic) bond motifs is 1. The summed E-state index contributed by atoms with van der Waals surface area (Å²) in [5.41, 5.74) is 2.84. The number of aryl methyl sites for hydroxylation is 1. The maximum absolute atomic E-state index is 13.0. The molecule has 1 aliphatic heterocycles. The van der Waals surface area contributed by atoms with Gasteiger partial charge in [-0.25, -0.2) is 8.42 Å². The zero-order valence-corrected chi connectivity index (χ0v) is 18.5. The molecule has 4 rings (SSSR count). The van der Waals surface area contributed by atoms with E-state index in [2.05, 4.69) is 17.4 Å². The number of halogens is 1. The molecule has 0 spiro atoms. The van der Waals surface area contributed by atoms with Crippen LogP contribution in [0.25, 0.3) is 0 Å². The van der Waals surface area contributed by atoms with Gasteiger partial charge in [0.05, 0.1) is 15.5 Å². The van der Waals surface area contributed by atoms with Crippen LogP contribution < -0.4 is 5.32 Å². The quantitative estimate of drug-likeness (QED) is 0.741. The second-order valence-corrected chi connectivity index (χ2v) is 10.4. The first kappa shape index (κ1) is 21.3.